The number of furan rings is 1. The molecule has 0 radical (unpaired) electrons. The van der Waals surface area contributed by atoms with E-state index in [1.807, 2.05) is 26.0 Å². The van der Waals surface area contributed by atoms with Crippen LogP contribution in [0.15, 0.2) is 65.3 Å². The lowest BCUT2D eigenvalue weighted by Crippen LogP contribution is -2.12. The number of anilines is 1. The first-order chi connectivity index (χ1) is 14.9. The number of aromatic nitrogens is 3. The van der Waals surface area contributed by atoms with Crippen molar-refractivity contribution in [1.29, 1.82) is 0 Å². The average molecular weight is 420 g/mol. The molecule has 0 atom stereocenters. The lowest BCUT2D eigenvalue weighted by Gasteiger charge is -2.06. The van der Waals surface area contributed by atoms with Crippen molar-refractivity contribution in [3.8, 4) is 5.75 Å². The SMILES string of the molecule is Cc1cc(C)cc(OCc2ccc(C(=O)Nc3ncn(Cc4ccc(F)cc4)n3)o2)c1. The molecule has 0 aliphatic carbocycles. The minimum absolute atomic E-state index is 0.133. The van der Waals surface area contributed by atoms with E-state index in [9.17, 15) is 9.18 Å². The number of benzene rings is 2. The van der Waals surface area contributed by atoms with E-state index >= 15 is 0 Å². The highest BCUT2D eigenvalue weighted by Gasteiger charge is 2.14. The number of nitrogens with zero attached hydrogens (tertiary/aromatic N) is 3. The van der Waals surface area contributed by atoms with Crippen LogP contribution in [0.1, 0.15) is 33.0 Å². The fourth-order valence-corrected chi connectivity index (χ4v) is 3.12. The first kappa shape index (κ1) is 20.3. The van der Waals surface area contributed by atoms with Gasteiger partial charge in [0, 0.05) is 0 Å². The molecule has 1 amide bonds. The summed E-state index contributed by atoms with van der Waals surface area (Å²) in [5.74, 6) is 0.796. The number of amides is 1. The van der Waals surface area contributed by atoms with Crippen LogP contribution in [0, 0.1) is 19.7 Å². The summed E-state index contributed by atoms with van der Waals surface area (Å²) in [6.45, 7) is 4.62. The number of carbonyl (C=O) groups excluding carboxylic acids is 1. The maximum atomic E-state index is 13.0. The predicted molar refractivity (Wildman–Crippen MR) is 112 cm³/mol. The number of nitrogens with one attached hydrogen (secondary N) is 1. The Morgan fingerprint density at radius 3 is 2.58 bits per heavy atom. The Balaban J connectivity index is 1.33. The molecule has 158 valence electrons. The zero-order valence-corrected chi connectivity index (χ0v) is 17.1. The van der Waals surface area contributed by atoms with Crippen molar-refractivity contribution in [2.45, 2.75) is 27.0 Å². The predicted octanol–water partition coefficient (Wildman–Crippen LogP) is 4.51. The molecule has 0 spiro atoms. The second-order valence-electron chi connectivity index (χ2n) is 7.22. The van der Waals surface area contributed by atoms with Crippen LogP contribution in [0.25, 0.3) is 0 Å². The minimum atomic E-state index is -0.461. The molecule has 4 aromatic rings. The quantitative estimate of drug-likeness (QED) is 0.476. The number of hydrogen-bond acceptors (Lipinski definition) is 5. The van der Waals surface area contributed by atoms with Gasteiger partial charge in [0.15, 0.2) is 5.76 Å². The topological polar surface area (TPSA) is 82.2 Å². The Kier molecular flexibility index (Phi) is 5.79. The van der Waals surface area contributed by atoms with Gasteiger partial charge in [-0.3, -0.25) is 10.1 Å². The van der Waals surface area contributed by atoms with Gasteiger partial charge in [0.05, 0.1) is 6.54 Å². The third kappa shape index (κ3) is 5.36. The van der Waals surface area contributed by atoms with Gasteiger partial charge in [0.25, 0.3) is 5.91 Å². The standard InChI is InChI=1S/C23H21FN4O3/c1-15-9-16(2)11-20(10-15)30-13-19-7-8-21(31-19)22(29)26-23-25-14-28(27-23)12-17-3-5-18(24)6-4-17/h3-11,14H,12-13H2,1-2H3,(H,26,27,29). The van der Waals surface area contributed by atoms with E-state index in [4.69, 9.17) is 9.15 Å². The minimum Gasteiger partial charge on any atom is -0.486 e. The van der Waals surface area contributed by atoms with Crippen LogP contribution in [0.5, 0.6) is 5.75 Å². The van der Waals surface area contributed by atoms with Crippen molar-refractivity contribution in [3.05, 3.63) is 95.0 Å². The highest BCUT2D eigenvalue weighted by molar-refractivity contribution is 6.01. The molecule has 0 aliphatic heterocycles. The number of halogens is 1. The highest BCUT2D eigenvalue weighted by Crippen LogP contribution is 2.19. The van der Waals surface area contributed by atoms with Crippen LogP contribution in [-0.4, -0.2) is 20.7 Å². The molecule has 2 aromatic heterocycles. The van der Waals surface area contributed by atoms with Crippen LogP contribution in [-0.2, 0) is 13.2 Å². The van der Waals surface area contributed by atoms with Gasteiger partial charge in [0.2, 0.25) is 5.95 Å². The number of ether oxygens (including phenoxy) is 1. The van der Waals surface area contributed by atoms with Crippen molar-refractivity contribution < 1.29 is 18.3 Å². The van der Waals surface area contributed by atoms with Crippen molar-refractivity contribution in [3.63, 3.8) is 0 Å². The molecule has 0 aliphatic rings. The summed E-state index contributed by atoms with van der Waals surface area (Å²) < 4.78 is 25.9. The van der Waals surface area contributed by atoms with E-state index in [2.05, 4.69) is 21.5 Å². The van der Waals surface area contributed by atoms with E-state index in [0.29, 0.717) is 12.3 Å². The van der Waals surface area contributed by atoms with E-state index in [1.54, 1.807) is 28.9 Å². The van der Waals surface area contributed by atoms with Crippen LogP contribution < -0.4 is 10.1 Å². The molecule has 7 nitrogen and oxygen atoms in total. The van der Waals surface area contributed by atoms with Crippen molar-refractivity contribution in [2.24, 2.45) is 0 Å². The number of carbonyl (C=O) groups is 1. The Bertz CT molecular complexity index is 1180. The summed E-state index contributed by atoms with van der Waals surface area (Å²) in [6.07, 6.45) is 1.49. The largest absolute Gasteiger partial charge is 0.486 e. The van der Waals surface area contributed by atoms with Crippen molar-refractivity contribution >= 4 is 11.9 Å². The summed E-state index contributed by atoms with van der Waals surface area (Å²) in [7, 11) is 0. The molecule has 31 heavy (non-hydrogen) atoms. The Morgan fingerprint density at radius 1 is 1.10 bits per heavy atom. The molecule has 4 rings (SSSR count). The zero-order chi connectivity index (χ0) is 21.8. The lowest BCUT2D eigenvalue weighted by atomic mass is 10.1. The second-order valence-corrected chi connectivity index (χ2v) is 7.22. The van der Waals surface area contributed by atoms with Gasteiger partial charge in [-0.25, -0.2) is 14.1 Å². The summed E-state index contributed by atoms with van der Waals surface area (Å²) in [5, 5.41) is 6.81. The van der Waals surface area contributed by atoms with Gasteiger partial charge in [-0.05, 0) is 66.9 Å². The summed E-state index contributed by atoms with van der Waals surface area (Å²) in [4.78, 5) is 16.5. The molecule has 0 saturated carbocycles. The molecule has 8 heteroatoms. The smallest absolute Gasteiger partial charge is 0.293 e. The lowest BCUT2D eigenvalue weighted by molar-refractivity contribution is 0.0991. The molecule has 0 unspecified atom stereocenters. The number of hydrogen-bond donors (Lipinski definition) is 1. The van der Waals surface area contributed by atoms with Gasteiger partial charge in [0.1, 0.15) is 30.3 Å². The third-order valence-electron chi connectivity index (χ3n) is 4.48. The molecular weight excluding hydrogens is 399 g/mol. The van der Waals surface area contributed by atoms with Gasteiger partial charge < -0.3 is 9.15 Å². The molecule has 0 fully saturated rings. The van der Waals surface area contributed by atoms with E-state index in [-0.39, 0.29) is 24.1 Å². The first-order valence-corrected chi connectivity index (χ1v) is 9.70. The summed E-state index contributed by atoms with van der Waals surface area (Å²) in [6, 6.07) is 15.3. The van der Waals surface area contributed by atoms with Crippen LogP contribution in [0.4, 0.5) is 10.3 Å². The summed E-state index contributed by atoms with van der Waals surface area (Å²) in [5.41, 5.74) is 3.09. The van der Waals surface area contributed by atoms with Gasteiger partial charge in [-0.2, -0.15) is 0 Å². The first-order valence-electron chi connectivity index (χ1n) is 9.70. The van der Waals surface area contributed by atoms with Crippen molar-refractivity contribution in [1.82, 2.24) is 14.8 Å². The van der Waals surface area contributed by atoms with E-state index in [1.165, 1.54) is 18.5 Å². The average Bonchev–Trinajstić information content (AvgIpc) is 3.37. The van der Waals surface area contributed by atoms with Gasteiger partial charge in [-0.1, -0.05) is 18.2 Å². The third-order valence-corrected chi connectivity index (χ3v) is 4.48. The monoisotopic (exact) mass is 420 g/mol. The Morgan fingerprint density at radius 2 is 1.84 bits per heavy atom. The number of aryl methyl sites for hydroxylation is 2. The van der Waals surface area contributed by atoms with E-state index < -0.39 is 5.91 Å². The van der Waals surface area contributed by atoms with Gasteiger partial charge in [-0.15, -0.1) is 5.10 Å². The molecule has 2 heterocycles. The number of rotatable bonds is 7. The molecule has 0 saturated heterocycles. The Hall–Kier alpha value is -3.94. The van der Waals surface area contributed by atoms with Crippen LogP contribution in [0.2, 0.25) is 0 Å². The fraction of sp³-hybridized carbons (Fsp3) is 0.174. The Labute approximate surface area is 178 Å². The summed E-state index contributed by atoms with van der Waals surface area (Å²) >= 11 is 0. The van der Waals surface area contributed by atoms with Crippen LogP contribution >= 0.6 is 0 Å². The zero-order valence-electron chi connectivity index (χ0n) is 17.1. The molecule has 1 N–H and O–H groups in total. The molecule has 2 aromatic carbocycles. The van der Waals surface area contributed by atoms with Gasteiger partial charge >= 0.3 is 0 Å². The second kappa shape index (κ2) is 8.83. The maximum absolute atomic E-state index is 13.0. The highest BCUT2D eigenvalue weighted by atomic mass is 19.1. The molecular formula is C23H21FN4O3. The fourth-order valence-electron chi connectivity index (χ4n) is 3.12. The van der Waals surface area contributed by atoms with Crippen molar-refractivity contribution in [2.75, 3.05) is 5.32 Å². The normalized spacial score (nSPS) is 10.8. The maximum Gasteiger partial charge on any atom is 0.293 e. The van der Waals surface area contributed by atoms with E-state index in [0.717, 1.165) is 22.4 Å². The molecule has 0 bridgehead atoms. The van der Waals surface area contributed by atoms with Crippen LogP contribution in [0.3, 0.4) is 0 Å².